The molecule has 0 bridgehead atoms. The molecule has 0 N–H and O–H groups in total. The molecule has 2 heteroatoms. The van der Waals surface area contributed by atoms with E-state index in [1.807, 2.05) is 0 Å². The van der Waals surface area contributed by atoms with E-state index in [9.17, 15) is 0 Å². The zero-order chi connectivity index (χ0) is 37.9. The molecule has 0 aliphatic carbocycles. The number of nitrogens with zero attached hydrogens (tertiary/aromatic N) is 2. The lowest BCUT2D eigenvalue weighted by Crippen LogP contribution is -2.11. The predicted molar refractivity (Wildman–Crippen MR) is 248 cm³/mol. The summed E-state index contributed by atoms with van der Waals surface area (Å²) in [5, 5.41) is 17.9. The maximum atomic E-state index is 2.51. The fourth-order valence-corrected chi connectivity index (χ4v) is 10.1. The van der Waals surface area contributed by atoms with Crippen molar-refractivity contribution in [1.29, 1.82) is 0 Å². The van der Waals surface area contributed by atoms with Gasteiger partial charge in [-0.1, -0.05) is 158 Å². The highest BCUT2D eigenvalue weighted by Gasteiger charge is 2.22. The Kier molecular flexibility index (Phi) is 6.47. The van der Waals surface area contributed by atoms with E-state index in [0.717, 1.165) is 22.7 Å². The van der Waals surface area contributed by atoms with Gasteiger partial charge in [-0.05, 0) is 114 Å². The number of rotatable bonds is 5. The Bertz CT molecular complexity index is 3560. The third kappa shape index (κ3) is 4.43. The lowest BCUT2D eigenvalue weighted by Gasteiger charge is -2.30. The van der Waals surface area contributed by atoms with Gasteiger partial charge >= 0.3 is 0 Å². The summed E-state index contributed by atoms with van der Waals surface area (Å²) in [6.45, 7) is 0. The Morgan fingerprint density at radius 1 is 0.293 bits per heavy atom. The van der Waals surface area contributed by atoms with Gasteiger partial charge in [-0.15, -0.1) is 0 Å². The van der Waals surface area contributed by atoms with Crippen LogP contribution in [-0.2, 0) is 0 Å². The van der Waals surface area contributed by atoms with E-state index in [2.05, 4.69) is 216 Å². The maximum absolute atomic E-state index is 2.51. The average Bonchev–Trinajstić information content (AvgIpc) is 3.62. The summed E-state index contributed by atoms with van der Waals surface area (Å²) in [7, 11) is 0. The summed E-state index contributed by atoms with van der Waals surface area (Å²) in [5.41, 5.74) is 9.37. The lowest BCUT2D eigenvalue weighted by molar-refractivity contribution is 1.18. The molecule has 0 fully saturated rings. The van der Waals surface area contributed by atoms with E-state index < -0.39 is 0 Å². The smallest absolute Gasteiger partial charge is 0.0547 e. The zero-order valence-corrected chi connectivity index (χ0v) is 31.5. The van der Waals surface area contributed by atoms with Gasteiger partial charge in [0.1, 0.15) is 0 Å². The Balaban J connectivity index is 1.08. The number of hydrogen-bond donors (Lipinski definition) is 0. The highest BCUT2D eigenvalue weighted by Crippen LogP contribution is 2.48. The Morgan fingerprint density at radius 2 is 0.776 bits per heavy atom. The van der Waals surface area contributed by atoms with Gasteiger partial charge in [-0.25, -0.2) is 0 Å². The predicted octanol–water partition coefficient (Wildman–Crippen LogP) is 15.7. The van der Waals surface area contributed by atoms with E-state index in [4.69, 9.17) is 0 Å². The van der Waals surface area contributed by atoms with Crippen LogP contribution in [0.5, 0.6) is 0 Å². The summed E-state index contributed by atoms with van der Waals surface area (Å²) >= 11 is 0. The van der Waals surface area contributed by atoms with Crippen molar-refractivity contribution in [3.05, 3.63) is 206 Å². The summed E-state index contributed by atoms with van der Waals surface area (Å²) in [5.74, 6) is 0. The molecular formula is C56H34N2. The highest BCUT2D eigenvalue weighted by molar-refractivity contribution is 6.28. The molecule has 0 aliphatic heterocycles. The molecule has 268 valence electrons. The molecule has 0 radical (unpaired) electrons. The van der Waals surface area contributed by atoms with Crippen molar-refractivity contribution in [2.45, 2.75) is 0 Å². The average molecular weight is 735 g/mol. The van der Waals surface area contributed by atoms with E-state index >= 15 is 0 Å². The van der Waals surface area contributed by atoms with E-state index in [0.29, 0.717) is 0 Å². The number of para-hydroxylation sites is 2. The minimum Gasteiger partial charge on any atom is -0.309 e. The van der Waals surface area contributed by atoms with Crippen LogP contribution in [0.3, 0.4) is 0 Å². The molecule has 0 unspecified atom stereocenters. The first-order valence-corrected chi connectivity index (χ1v) is 20.1. The molecule has 1 heterocycles. The van der Waals surface area contributed by atoms with Gasteiger partial charge < -0.3 is 9.47 Å². The Labute approximate surface area is 334 Å². The lowest BCUT2D eigenvalue weighted by atomic mass is 9.91. The molecule has 0 saturated heterocycles. The quantitative estimate of drug-likeness (QED) is 0.160. The van der Waals surface area contributed by atoms with Crippen molar-refractivity contribution in [1.82, 2.24) is 4.57 Å². The number of aromatic nitrogens is 1. The van der Waals surface area contributed by atoms with Crippen LogP contribution in [-0.4, -0.2) is 4.57 Å². The van der Waals surface area contributed by atoms with E-state index in [-0.39, 0.29) is 0 Å². The van der Waals surface area contributed by atoms with Gasteiger partial charge in [0.25, 0.3) is 0 Å². The third-order valence-electron chi connectivity index (χ3n) is 12.6. The van der Waals surface area contributed by atoms with Crippen LogP contribution in [0.1, 0.15) is 0 Å². The summed E-state index contributed by atoms with van der Waals surface area (Å²) in [6, 6.07) is 76.5. The van der Waals surface area contributed by atoms with Crippen LogP contribution >= 0.6 is 0 Å². The van der Waals surface area contributed by atoms with Crippen LogP contribution in [0.2, 0.25) is 0 Å². The zero-order valence-electron chi connectivity index (χ0n) is 31.5. The Morgan fingerprint density at radius 3 is 1.41 bits per heavy atom. The second-order valence-electron chi connectivity index (χ2n) is 15.7. The van der Waals surface area contributed by atoms with Gasteiger partial charge in [0.2, 0.25) is 0 Å². The molecule has 0 spiro atoms. The van der Waals surface area contributed by atoms with Crippen molar-refractivity contribution >= 4 is 104 Å². The molecule has 0 amide bonds. The van der Waals surface area contributed by atoms with Gasteiger partial charge in [0.15, 0.2) is 0 Å². The molecule has 13 aromatic rings. The van der Waals surface area contributed by atoms with Crippen molar-refractivity contribution in [3.8, 4) is 16.8 Å². The number of anilines is 3. The topological polar surface area (TPSA) is 8.17 Å². The van der Waals surface area contributed by atoms with Gasteiger partial charge in [-0.2, -0.15) is 0 Å². The van der Waals surface area contributed by atoms with Crippen molar-refractivity contribution < 1.29 is 0 Å². The van der Waals surface area contributed by atoms with E-state index in [1.165, 1.54) is 97.6 Å². The summed E-state index contributed by atoms with van der Waals surface area (Å²) < 4.78 is 2.40. The summed E-state index contributed by atoms with van der Waals surface area (Å²) in [6.07, 6.45) is 0. The first-order valence-electron chi connectivity index (χ1n) is 20.1. The molecule has 0 aliphatic rings. The summed E-state index contributed by atoms with van der Waals surface area (Å²) in [4.78, 5) is 2.51. The molecular weight excluding hydrogens is 701 g/mol. The monoisotopic (exact) mass is 734 g/mol. The third-order valence-corrected chi connectivity index (χ3v) is 12.6. The van der Waals surface area contributed by atoms with Gasteiger partial charge in [0.05, 0.1) is 22.4 Å². The molecule has 1 aromatic heterocycles. The molecule has 2 nitrogen and oxygen atoms in total. The van der Waals surface area contributed by atoms with Crippen LogP contribution in [0.25, 0.3) is 103 Å². The molecule has 0 saturated carbocycles. The fraction of sp³-hybridized carbons (Fsp3) is 0. The Hall–Kier alpha value is -7.68. The van der Waals surface area contributed by atoms with Gasteiger partial charge in [0, 0.05) is 32.9 Å². The van der Waals surface area contributed by atoms with Crippen LogP contribution in [0, 0.1) is 0 Å². The maximum Gasteiger partial charge on any atom is 0.0547 e. The van der Waals surface area contributed by atoms with Crippen LogP contribution in [0.15, 0.2) is 206 Å². The number of fused-ring (bicyclic) bond motifs is 3. The minimum absolute atomic E-state index is 1.12. The number of hydrogen-bond acceptors (Lipinski definition) is 1. The normalized spacial score (nSPS) is 12.1. The van der Waals surface area contributed by atoms with Gasteiger partial charge in [-0.3, -0.25) is 0 Å². The molecule has 12 aromatic carbocycles. The second kappa shape index (κ2) is 11.9. The second-order valence-corrected chi connectivity index (χ2v) is 15.7. The number of benzene rings is 12. The van der Waals surface area contributed by atoms with Crippen molar-refractivity contribution in [2.75, 3.05) is 4.90 Å². The largest absolute Gasteiger partial charge is 0.309 e. The van der Waals surface area contributed by atoms with Crippen LogP contribution < -0.4 is 4.90 Å². The highest BCUT2D eigenvalue weighted by atomic mass is 15.1. The fourth-order valence-electron chi connectivity index (χ4n) is 10.1. The molecule has 0 atom stereocenters. The van der Waals surface area contributed by atoms with Crippen molar-refractivity contribution in [2.24, 2.45) is 0 Å². The first kappa shape index (κ1) is 31.5. The standard InChI is InChI=1S/C56H34N2/c1-2-14-43(15-3-1)57-49-18-5-4-17-45(49)46-28-25-42(34-52(46)57)41-13-8-16-44(33-41)58(50-31-26-39-21-19-35-9-6-11-37-23-29-47(50)55(39)53(35)37)51-32-27-40-22-20-36-10-7-12-38-24-30-48(51)56(40)54(36)38/h1-34H. The van der Waals surface area contributed by atoms with Crippen LogP contribution in [0.4, 0.5) is 17.1 Å². The van der Waals surface area contributed by atoms with Crippen molar-refractivity contribution in [3.63, 3.8) is 0 Å². The minimum atomic E-state index is 1.12. The SMILES string of the molecule is c1ccc(-n2c3ccccc3c3ccc(-c4cccc(N(c5ccc6ccc7cccc8ccc5c6c78)c5ccc6ccc7cccc8ccc5c6c78)c4)cc32)cc1. The molecule has 13 rings (SSSR count). The molecule has 58 heavy (non-hydrogen) atoms. The first-order chi connectivity index (χ1) is 28.8. The van der Waals surface area contributed by atoms with E-state index in [1.54, 1.807) is 0 Å².